The number of nitrogens with one attached hydrogen (secondary N) is 1. The Kier molecular flexibility index (Phi) is 37.8. The number of carbonyl (C=O) groups is 2. The second-order valence-electron chi connectivity index (χ2n) is 14.3. The highest BCUT2D eigenvalue weighted by Gasteiger charge is 2.17. The maximum Gasteiger partial charge on any atom is 0.305 e. The van der Waals surface area contributed by atoms with Gasteiger partial charge in [0.1, 0.15) is 0 Å². The Morgan fingerprint density at radius 2 is 0.959 bits per heavy atom. The highest BCUT2D eigenvalue weighted by atomic mass is 16.5. The monoisotopic (exact) mass is 692 g/mol. The van der Waals surface area contributed by atoms with Crippen LogP contribution in [0.4, 0.5) is 0 Å². The third-order valence-electron chi connectivity index (χ3n) is 9.47. The number of aliphatic hydroxyl groups is 2. The quantitative estimate of drug-likeness (QED) is 0.0340. The Morgan fingerprint density at radius 1 is 0.551 bits per heavy atom. The number of hydrogen-bond acceptors (Lipinski definition) is 5. The van der Waals surface area contributed by atoms with Gasteiger partial charge in [0.15, 0.2) is 0 Å². The highest BCUT2D eigenvalue weighted by molar-refractivity contribution is 5.76. The molecule has 0 saturated heterocycles. The van der Waals surface area contributed by atoms with Gasteiger partial charge in [-0.1, -0.05) is 167 Å². The summed E-state index contributed by atoms with van der Waals surface area (Å²) in [5.41, 5.74) is 0. The first kappa shape index (κ1) is 47.3. The molecule has 6 heteroatoms. The van der Waals surface area contributed by atoms with Crippen molar-refractivity contribution in [2.75, 3.05) is 13.2 Å². The van der Waals surface area contributed by atoms with Gasteiger partial charge in [-0.05, 0) is 57.8 Å². The Bertz CT molecular complexity index is 767. The average molecular weight is 692 g/mol. The SMILES string of the molecule is CCCCCCCCCC/C=C/C(O)C(CO)NC(=O)CCCCCC/C=C\CCCCOC(=O)CCCCCCCCCCCCCC. The molecule has 0 aromatic heterocycles. The van der Waals surface area contributed by atoms with E-state index in [-0.39, 0.29) is 18.5 Å². The van der Waals surface area contributed by atoms with Crippen molar-refractivity contribution in [1.29, 1.82) is 0 Å². The molecule has 0 spiro atoms. The zero-order chi connectivity index (χ0) is 35.9. The van der Waals surface area contributed by atoms with Crippen LogP contribution in [0.2, 0.25) is 0 Å². The molecule has 0 aromatic rings. The molecule has 0 radical (unpaired) electrons. The van der Waals surface area contributed by atoms with Crippen LogP contribution < -0.4 is 5.32 Å². The van der Waals surface area contributed by atoms with Crippen molar-refractivity contribution < 1.29 is 24.5 Å². The lowest BCUT2D eigenvalue weighted by atomic mass is 10.0. The average Bonchev–Trinajstić information content (AvgIpc) is 3.10. The van der Waals surface area contributed by atoms with Crippen molar-refractivity contribution in [3.8, 4) is 0 Å². The van der Waals surface area contributed by atoms with Gasteiger partial charge in [-0.25, -0.2) is 0 Å². The first-order chi connectivity index (χ1) is 24.0. The van der Waals surface area contributed by atoms with E-state index < -0.39 is 12.1 Å². The van der Waals surface area contributed by atoms with Crippen LogP contribution >= 0.6 is 0 Å². The van der Waals surface area contributed by atoms with E-state index >= 15 is 0 Å². The van der Waals surface area contributed by atoms with E-state index in [0.717, 1.165) is 77.0 Å². The standard InChI is InChI=1S/C43H81NO5/c1-3-5-7-9-11-13-15-16-21-25-29-33-37-43(48)49-38-34-30-26-22-18-17-20-24-28-32-36-42(47)44-40(39-45)41(46)35-31-27-23-19-14-12-10-8-6-4-2/h18,22,31,35,40-41,45-46H,3-17,19-21,23-30,32-34,36-39H2,1-2H3,(H,44,47)/b22-18-,35-31+. The fourth-order valence-corrected chi connectivity index (χ4v) is 6.15. The molecular weight excluding hydrogens is 610 g/mol. The lowest BCUT2D eigenvalue weighted by Crippen LogP contribution is -2.45. The molecule has 0 aliphatic rings. The van der Waals surface area contributed by atoms with Gasteiger partial charge in [0.25, 0.3) is 0 Å². The Morgan fingerprint density at radius 3 is 1.45 bits per heavy atom. The Hall–Kier alpha value is -1.66. The minimum atomic E-state index is -0.862. The van der Waals surface area contributed by atoms with Crippen molar-refractivity contribution in [3.05, 3.63) is 24.3 Å². The van der Waals surface area contributed by atoms with E-state index in [1.807, 2.05) is 6.08 Å². The molecule has 0 rings (SSSR count). The maximum absolute atomic E-state index is 12.3. The first-order valence-electron chi connectivity index (χ1n) is 21.1. The normalized spacial score (nSPS) is 13.0. The van der Waals surface area contributed by atoms with Crippen LogP contribution in [0.25, 0.3) is 0 Å². The van der Waals surface area contributed by atoms with Gasteiger partial charge in [-0.3, -0.25) is 9.59 Å². The number of allylic oxidation sites excluding steroid dienone is 3. The molecule has 0 aliphatic carbocycles. The fraction of sp³-hybridized carbons (Fsp3) is 0.860. The maximum atomic E-state index is 12.3. The van der Waals surface area contributed by atoms with Crippen LogP contribution in [0.5, 0.6) is 0 Å². The minimum absolute atomic E-state index is 0.0392. The summed E-state index contributed by atoms with van der Waals surface area (Å²) in [6.45, 7) is 4.77. The molecule has 0 heterocycles. The first-order valence-corrected chi connectivity index (χ1v) is 21.1. The van der Waals surface area contributed by atoms with E-state index in [4.69, 9.17) is 4.74 Å². The molecule has 2 atom stereocenters. The molecule has 2 unspecified atom stereocenters. The number of rotatable bonds is 38. The molecule has 0 fully saturated rings. The predicted molar refractivity (Wildman–Crippen MR) is 209 cm³/mol. The third kappa shape index (κ3) is 36.0. The second-order valence-corrected chi connectivity index (χ2v) is 14.3. The number of esters is 1. The summed E-state index contributed by atoms with van der Waals surface area (Å²) in [5, 5.41) is 22.8. The number of ether oxygens (including phenoxy) is 1. The highest BCUT2D eigenvalue weighted by Crippen LogP contribution is 2.14. The molecule has 0 aliphatic heterocycles. The van der Waals surface area contributed by atoms with E-state index in [9.17, 15) is 19.8 Å². The van der Waals surface area contributed by atoms with Crippen LogP contribution in [0, 0.1) is 0 Å². The number of aliphatic hydroxyl groups excluding tert-OH is 2. The molecule has 0 saturated carbocycles. The zero-order valence-electron chi connectivity index (χ0n) is 32.4. The molecule has 1 amide bonds. The summed E-state index contributed by atoms with van der Waals surface area (Å²) in [6, 6.07) is -0.649. The van der Waals surface area contributed by atoms with Gasteiger partial charge in [-0.15, -0.1) is 0 Å². The Balaban J connectivity index is 3.58. The van der Waals surface area contributed by atoms with Crippen LogP contribution in [0.15, 0.2) is 24.3 Å². The number of amides is 1. The summed E-state index contributed by atoms with van der Waals surface area (Å²) in [4.78, 5) is 24.3. The largest absolute Gasteiger partial charge is 0.466 e. The molecule has 0 aromatic carbocycles. The van der Waals surface area contributed by atoms with Gasteiger partial charge in [-0.2, -0.15) is 0 Å². The van der Waals surface area contributed by atoms with E-state index in [1.165, 1.54) is 109 Å². The van der Waals surface area contributed by atoms with Crippen molar-refractivity contribution >= 4 is 11.9 Å². The molecular formula is C43H81NO5. The fourth-order valence-electron chi connectivity index (χ4n) is 6.15. The Labute approximate surface area is 303 Å². The van der Waals surface area contributed by atoms with Crippen molar-refractivity contribution in [1.82, 2.24) is 5.32 Å². The summed E-state index contributed by atoms with van der Waals surface area (Å²) in [6.07, 6.45) is 43.0. The summed E-state index contributed by atoms with van der Waals surface area (Å²) >= 11 is 0. The van der Waals surface area contributed by atoms with Crippen molar-refractivity contribution in [2.24, 2.45) is 0 Å². The molecule has 3 N–H and O–H groups in total. The van der Waals surface area contributed by atoms with Crippen LogP contribution in [-0.4, -0.2) is 47.4 Å². The van der Waals surface area contributed by atoms with Crippen LogP contribution in [0.3, 0.4) is 0 Å². The van der Waals surface area contributed by atoms with Gasteiger partial charge in [0, 0.05) is 12.8 Å². The zero-order valence-corrected chi connectivity index (χ0v) is 32.4. The van der Waals surface area contributed by atoms with Crippen LogP contribution in [-0.2, 0) is 14.3 Å². The second kappa shape index (κ2) is 39.1. The molecule has 0 bridgehead atoms. The smallest absolute Gasteiger partial charge is 0.305 e. The van der Waals surface area contributed by atoms with Gasteiger partial charge in [0.2, 0.25) is 5.91 Å². The lowest BCUT2D eigenvalue weighted by Gasteiger charge is -2.20. The molecule has 288 valence electrons. The van der Waals surface area contributed by atoms with E-state index in [1.54, 1.807) is 6.08 Å². The van der Waals surface area contributed by atoms with Gasteiger partial charge in [0.05, 0.1) is 25.4 Å². The topological polar surface area (TPSA) is 95.9 Å². The van der Waals surface area contributed by atoms with Crippen molar-refractivity contribution in [3.63, 3.8) is 0 Å². The number of carbonyl (C=O) groups excluding carboxylic acids is 2. The summed E-state index contributed by atoms with van der Waals surface area (Å²) in [5.74, 6) is -0.146. The number of unbranched alkanes of at least 4 members (excludes halogenated alkanes) is 25. The molecule has 6 nitrogen and oxygen atoms in total. The predicted octanol–water partition coefficient (Wildman–Crippen LogP) is 11.6. The van der Waals surface area contributed by atoms with Gasteiger partial charge < -0.3 is 20.3 Å². The van der Waals surface area contributed by atoms with E-state index in [0.29, 0.717) is 19.4 Å². The molecule has 49 heavy (non-hydrogen) atoms. The van der Waals surface area contributed by atoms with Crippen molar-refractivity contribution in [2.45, 2.75) is 225 Å². The lowest BCUT2D eigenvalue weighted by molar-refractivity contribution is -0.143. The third-order valence-corrected chi connectivity index (χ3v) is 9.47. The summed E-state index contributed by atoms with van der Waals surface area (Å²) in [7, 11) is 0. The van der Waals surface area contributed by atoms with Crippen LogP contribution in [0.1, 0.15) is 213 Å². The summed E-state index contributed by atoms with van der Waals surface area (Å²) < 4.78 is 5.40. The minimum Gasteiger partial charge on any atom is -0.466 e. The van der Waals surface area contributed by atoms with E-state index in [2.05, 4.69) is 31.3 Å². The number of hydrogen-bond donors (Lipinski definition) is 3. The van der Waals surface area contributed by atoms with Gasteiger partial charge >= 0.3 is 5.97 Å².